The first-order valence-electron chi connectivity index (χ1n) is 10.6. The Labute approximate surface area is 212 Å². The van der Waals surface area contributed by atoms with Gasteiger partial charge in [0.05, 0.1) is 27.7 Å². The van der Waals surface area contributed by atoms with Crippen LogP contribution in [0.4, 0.5) is 0 Å². The smallest absolute Gasteiger partial charge is 0.282 e. The van der Waals surface area contributed by atoms with Crippen molar-refractivity contribution < 1.29 is 9.15 Å². The molecule has 6 nitrogen and oxygen atoms in total. The predicted molar refractivity (Wildman–Crippen MR) is 142 cm³/mol. The predicted octanol–water partition coefficient (Wildman–Crippen LogP) is 7.00. The van der Waals surface area contributed by atoms with Gasteiger partial charge in [-0.25, -0.2) is 4.98 Å². The Balaban J connectivity index is 1.64. The number of aromatic nitrogens is 2. The maximum absolute atomic E-state index is 13.4. The van der Waals surface area contributed by atoms with Crippen molar-refractivity contribution in [1.82, 2.24) is 9.66 Å². The minimum absolute atomic E-state index is 0.0602. The molecule has 0 spiro atoms. The number of nitrogens with zero attached hydrogens (tertiary/aromatic N) is 3. The van der Waals surface area contributed by atoms with E-state index >= 15 is 0 Å². The van der Waals surface area contributed by atoms with Gasteiger partial charge in [-0.05, 0) is 89.9 Å². The summed E-state index contributed by atoms with van der Waals surface area (Å²) in [7, 11) is 0. The molecule has 0 fully saturated rings. The topological polar surface area (TPSA) is 69.6 Å². The Bertz CT molecular complexity index is 1620. The van der Waals surface area contributed by atoms with Crippen molar-refractivity contribution in [1.29, 1.82) is 0 Å². The van der Waals surface area contributed by atoms with Crippen LogP contribution in [0, 0.1) is 0 Å². The molecule has 5 aromatic rings. The summed E-state index contributed by atoms with van der Waals surface area (Å²) in [4.78, 5) is 18.1. The molecule has 0 aliphatic rings. The van der Waals surface area contributed by atoms with E-state index in [1.54, 1.807) is 18.3 Å². The van der Waals surface area contributed by atoms with Crippen LogP contribution in [0.5, 0.6) is 5.75 Å². The van der Waals surface area contributed by atoms with Crippen LogP contribution in [-0.2, 0) is 0 Å². The molecule has 0 saturated heterocycles. The number of halogens is 2. The van der Waals surface area contributed by atoms with Crippen molar-refractivity contribution in [2.24, 2.45) is 5.10 Å². The summed E-state index contributed by atoms with van der Waals surface area (Å²) >= 11 is 7.02. The molecule has 2 heterocycles. The fourth-order valence-corrected chi connectivity index (χ4v) is 4.45. The van der Waals surface area contributed by atoms with Crippen molar-refractivity contribution in [2.75, 3.05) is 0 Å². The van der Waals surface area contributed by atoms with Crippen molar-refractivity contribution in [3.63, 3.8) is 0 Å². The molecular weight excluding hydrogens is 562 g/mol. The lowest BCUT2D eigenvalue weighted by molar-refractivity contribution is 0.241. The van der Waals surface area contributed by atoms with Crippen LogP contribution in [0.3, 0.4) is 0 Å². The van der Waals surface area contributed by atoms with E-state index in [1.807, 2.05) is 68.4 Å². The molecule has 0 atom stereocenters. The monoisotopic (exact) mass is 579 g/mol. The third-order valence-corrected chi connectivity index (χ3v) is 6.21. The molecule has 0 bridgehead atoms. The highest BCUT2D eigenvalue weighted by Gasteiger charge is 2.16. The van der Waals surface area contributed by atoms with E-state index in [-0.39, 0.29) is 11.7 Å². The lowest BCUT2D eigenvalue weighted by Crippen LogP contribution is -2.20. The average molecular weight is 581 g/mol. The summed E-state index contributed by atoms with van der Waals surface area (Å²) in [5.74, 6) is 1.52. The molecule has 0 aliphatic heterocycles. The van der Waals surface area contributed by atoms with Gasteiger partial charge in [-0.2, -0.15) is 9.78 Å². The van der Waals surface area contributed by atoms with Crippen LogP contribution < -0.4 is 10.3 Å². The zero-order valence-electron chi connectivity index (χ0n) is 18.3. The molecule has 3 aromatic carbocycles. The second-order valence-corrected chi connectivity index (χ2v) is 9.73. The van der Waals surface area contributed by atoms with Gasteiger partial charge < -0.3 is 9.15 Å². The van der Waals surface area contributed by atoms with Crippen molar-refractivity contribution in [3.05, 3.63) is 91.6 Å². The molecule has 0 saturated carbocycles. The van der Waals surface area contributed by atoms with Gasteiger partial charge in [0, 0.05) is 9.86 Å². The van der Waals surface area contributed by atoms with Gasteiger partial charge in [0.25, 0.3) is 5.56 Å². The Morgan fingerprint density at radius 2 is 1.88 bits per heavy atom. The fraction of sp³-hybridized carbons (Fsp3) is 0.115. The van der Waals surface area contributed by atoms with E-state index in [0.717, 1.165) is 25.6 Å². The third kappa shape index (κ3) is 4.43. The van der Waals surface area contributed by atoms with Crippen LogP contribution in [0.25, 0.3) is 33.5 Å². The molecule has 34 heavy (non-hydrogen) atoms. The average Bonchev–Trinajstić information content (AvgIpc) is 3.23. The summed E-state index contributed by atoms with van der Waals surface area (Å²) in [6.45, 7) is 3.94. The van der Waals surface area contributed by atoms with Gasteiger partial charge in [-0.3, -0.25) is 4.79 Å². The minimum atomic E-state index is -0.280. The number of rotatable bonds is 5. The lowest BCUT2D eigenvalue weighted by Gasteiger charge is -2.11. The summed E-state index contributed by atoms with van der Waals surface area (Å²) in [5.41, 5.74) is 1.79. The number of hydrogen-bond acceptors (Lipinski definition) is 5. The number of ether oxygens (including phenoxy) is 1. The first-order valence-corrected chi connectivity index (χ1v) is 12.2. The zero-order valence-corrected chi connectivity index (χ0v) is 21.5. The molecule has 170 valence electrons. The molecule has 0 radical (unpaired) electrons. The second kappa shape index (κ2) is 9.19. The van der Waals surface area contributed by atoms with E-state index < -0.39 is 0 Å². The van der Waals surface area contributed by atoms with Crippen molar-refractivity contribution in [2.45, 2.75) is 20.0 Å². The van der Waals surface area contributed by atoms with Gasteiger partial charge in [0.2, 0.25) is 5.82 Å². The second-order valence-electron chi connectivity index (χ2n) is 7.96. The molecule has 0 N–H and O–H groups in total. The number of para-hydroxylation sites is 1. The van der Waals surface area contributed by atoms with Gasteiger partial charge >= 0.3 is 0 Å². The summed E-state index contributed by atoms with van der Waals surface area (Å²) < 4.78 is 14.8. The molecule has 0 amide bonds. The molecule has 0 aliphatic carbocycles. The normalized spacial score (nSPS) is 11.8. The Hall–Kier alpha value is -3.23. The number of hydrogen-bond donors (Lipinski definition) is 0. The minimum Gasteiger partial charge on any atom is -0.490 e. The van der Waals surface area contributed by atoms with E-state index in [4.69, 9.17) is 14.1 Å². The first kappa shape index (κ1) is 22.6. The van der Waals surface area contributed by atoms with E-state index in [9.17, 15) is 4.79 Å². The van der Waals surface area contributed by atoms with E-state index in [0.29, 0.717) is 28.1 Å². The lowest BCUT2D eigenvalue weighted by atomic mass is 10.2. The number of benzene rings is 3. The molecule has 0 unspecified atom stereocenters. The highest BCUT2D eigenvalue weighted by atomic mass is 79.9. The Morgan fingerprint density at radius 1 is 1.06 bits per heavy atom. The van der Waals surface area contributed by atoms with Gasteiger partial charge in [0.15, 0.2) is 5.76 Å². The maximum Gasteiger partial charge on any atom is 0.282 e. The summed E-state index contributed by atoms with van der Waals surface area (Å²) in [6, 6.07) is 20.4. The SMILES string of the molecule is CC(C)Oc1ccc(C=Nn2c(-c3cc4cc(Br)ccc4o3)nc3ccccc3c2=O)cc1Br. The van der Waals surface area contributed by atoms with Crippen LogP contribution in [-0.4, -0.2) is 22.0 Å². The van der Waals surface area contributed by atoms with Crippen LogP contribution in [0.15, 0.2) is 90.0 Å². The van der Waals surface area contributed by atoms with Crippen molar-refractivity contribution >= 4 is 59.9 Å². The zero-order chi connectivity index (χ0) is 23.8. The maximum atomic E-state index is 13.4. The van der Waals surface area contributed by atoms with Crippen LogP contribution >= 0.6 is 31.9 Å². The first-order chi connectivity index (χ1) is 16.4. The summed E-state index contributed by atoms with van der Waals surface area (Å²) in [6.07, 6.45) is 1.68. The fourth-order valence-electron chi connectivity index (χ4n) is 3.59. The standard InChI is InChI=1S/C26H19Br2N3O3/c1-15(2)33-23-9-7-16(11-20(23)28)14-29-31-25(30-21-6-4-3-5-19(21)26(31)32)24-13-17-12-18(27)8-10-22(17)34-24/h3-15H,1-2H3. The van der Waals surface area contributed by atoms with Gasteiger partial charge in [-0.15, -0.1) is 0 Å². The highest BCUT2D eigenvalue weighted by molar-refractivity contribution is 9.10. The molecule has 5 rings (SSSR count). The quantitative estimate of drug-likeness (QED) is 0.210. The van der Waals surface area contributed by atoms with Gasteiger partial charge in [-0.1, -0.05) is 28.1 Å². The third-order valence-electron chi connectivity index (χ3n) is 5.09. The van der Waals surface area contributed by atoms with Crippen molar-refractivity contribution in [3.8, 4) is 17.3 Å². The number of fused-ring (bicyclic) bond motifs is 2. The van der Waals surface area contributed by atoms with Crippen LogP contribution in [0.2, 0.25) is 0 Å². The number of furan rings is 1. The van der Waals surface area contributed by atoms with Gasteiger partial charge in [0.1, 0.15) is 11.3 Å². The summed E-state index contributed by atoms with van der Waals surface area (Å²) in [5, 5.41) is 5.88. The Kier molecular flexibility index (Phi) is 6.10. The molecular formula is C26H19Br2N3O3. The molecule has 8 heteroatoms. The van der Waals surface area contributed by atoms with Crippen LogP contribution in [0.1, 0.15) is 19.4 Å². The highest BCUT2D eigenvalue weighted by Crippen LogP contribution is 2.30. The molecule has 2 aromatic heterocycles. The van der Waals surface area contributed by atoms with E-state index in [1.165, 1.54) is 4.68 Å². The largest absolute Gasteiger partial charge is 0.490 e. The Morgan fingerprint density at radius 3 is 2.68 bits per heavy atom. The van der Waals surface area contributed by atoms with E-state index in [2.05, 4.69) is 37.0 Å².